The highest BCUT2D eigenvalue weighted by Gasteiger charge is 2.19. The average molecular weight is 304 g/mol. The van der Waals surface area contributed by atoms with E-state index in [1.165, 1.54) is 23.5 Å². The maximum absolute atomic E-state index is 13.5. The number of halogens is 3. The molecule has 84 valence electrons. The van der Waals surface area contributed by atoms with Gasteiger partial charge in [-0.25, -0.2) is 8.78 Å². The van der Waals surface area contributed by atoms with Gasteiger partial charge in [-0.05, 0) is 33.4 Å². The summed E-state index contributed by atoms with van der Waals surface area (Å²) in [6.45, 7) is 0. The zero-order valence-corrected chi connectivity index (χ0v) is 10.5. The molecule has 0 saturated heterocycles. The van der Waals surface area contributed by atoms with Crippen molar-refractivity contribution in [3.63, 3.8) is 0 Å². The van der Waals surface area contributed by atoms with Crippen LogP contribution in [-0.4, -0.2) is 0 Å². The molecule has 0 aliphatic rings. The largest absolute Gasteiger partial charge is 0.319 e. The van der Waals surface area contributed by atoms with Crippen LogP contribution < -0.4 is 5.73 Å². The molecule has 1 unspecified atom stereocenters. The van der Waals surface area contributed by atoms with E-state index in [-0.39, 0.29) is 5.56 Å². The van der Waals surface area contributed by atoms with Crippen LogP contribution in [0.25, 0.3) is 0 Å². The lowest BCUT2D eigenvalue weighted by Crippen LogP contribution is -2.13. The molecular formula is C11H8BrF2NS. The number of benzene rings is 1. The molecule has 1 heterocycles. The first-order valence-electron chi connectivity index (χ1n) is 4.53. The van der Waals surface area contributed by atoms with E-state index in [0.29, 0.717) is 0 Å². The van der Waals surface area contributed by atoms with E-state index in [1.54, 1.807) is 0 Å². The third-order valence-corrected chi connectivity index (χ3v) is 4.20. The van der Waals surface area contributed by atoms with Crippen molar-refractivity contribution in [3.8, 4) is 0 Å². The van der Waals surface area contributed by atoms with E-state index < -0.39 is 17.7 Å². The molecule has 0 bridgehead atoms. The summed E-state index contributed by atoms with van der Waals surface area (Å²) in [5, 5.41) is 1.84. The van der Waals surface area contributed by atoms with Crippen molar-refractivity contribution in [2.75, 3.05) is 0 Å². The predicted octanol–water partition coefficient (Wildman–Crippen LogP) is 3.84. The van der Waals surface area contributed by atoms with Gasteiger partial charge in [0.15, 0.2) is 11.6 Å². The Morgan fingerprint density at radius 3 is 2.62 bits per heavy atom. The predicted molar refractivity (Wildman–Crippen MR) is 64.4 cm³/mol. The molecule has 1 atom stereocenters. The summed E-state index contributed by atoms with van der Waals surface area (Å²) in [7, 11) is 0. The molecular weight excluding hydrogens is 296 g/mol. The highest BCUT2D eigenvalue weighted by molar-refractivity contribution is 9.10. The maximum Gasteiger partial charge on any atom is 0.163 e. The van der Waals surface area contributed by atoms with Gasteiger partial charge in [-0.1, -0.05) is 12.1 Å². The Labute approximate surface area is 104 Å². The fourth-order valence-electron chi connectivity index (χ4n) is 1.43. The van der Waals surface area contributed by atoms with E-state index in [1.807, 2.05) is 11.4 Å². The minimum atomic E-state index is -0.879. The fourth-order valence-corrected chi connectivity index (χ4v) is 3.07. The molecule has 2 N–H and O–H groups in total. The van der Waals surface area contributed by atoms with Crippen molar-refractivity contribution >= 4 is 27.3 Å². The summed E-state index contributed by atoms with van der Waals surface area (Å²) < 4.78 is 27.4. The molecule has 0 radical (unpaired) electrons. The minimum Gasteiger partial charge on any atom is -0.319 e. The zero-order valence-electron chi connectivity index (χ0n) is 8.08. The summed E-state index contributed by atoms with van der Waals surface area (Å²) in [5.41, 5.74) is 6.07. The maximum atomic E-state index is 13.5. The molecule has 1 aromatic carbocycles. The van der Waals surface area contributed by atoms with Crippen molar-refractivity contribution in [1.82, 2.24) is 0 Å². The number of thiophene rings is 1. The van der Waals surface area contributed by atoms with Crippen LogP contribution in [0, 0.1) is 11.6 Å². The van der Waals surface area contributed by atoms with Gasteiger partial charge in [0.05, 0.1) is 6.04 Å². The van der Waals surface area contributed by atoms with Gasteiger partial charge in [0.1, 0.15) is 0 Å². The van der Waals surface area contributed by atoms with Crippen molar-refractivity contribution in [3.05, 3.63) is 56.2 Å². The second-order valence-corrected chi connectivity index (χ2v) is 5.06. The molecule has 0 fully saturated rings. The Morgan fingerprint density at radius 1 is 1.25 bits per heavy atom. The molecule has 0 aliphatic carbocycles. The summed E-state index contributed by atoms with van der Waals surface area (Å²) in [4.78, 5) is 0.782. The molecule has 0 aliphatic heterocycles. The Morgan fingerprint density at radius 2 is 2.00 bits per heavy atom. The monoisotopic (exact) mass is 303 g/mol. The second kappa shape index (κ2) is 4.61. The third kappa shape index (κ3) is 2.03. The Kier molecular flexibility index (Phi) is 3.37. The first-order chi connectivity index (χ1) is 7.61. The average Bonchev–Trinajstić information content (AvgIpc) is 2.68. The first kappa shape index (κ1) is 11.7. The smallest absolute Gasteiger partial charge is 0.163 e. The standard InChI is InChI=1S/C11H8BrF2NS/c12-7-4-5-16-11(7)10(15)6-2-1-3-8(13)9(6)14/h1-5,10H,15H2. The van der Waals surface area contributed by atoms with E-state index in [2.05, 4.69) is 15.9 Å². The molecule has 0 saturated carbocycles. The summed E-state index contributed by atoms with van der Waals surface area (Å²) in [6.07, 6.45) is 0. The number of hydrogen-bond acceptors (Lipinski definition) is 2. The van der Waals surface area contributed by atoms with Crippen LogP contribution in [0.3, 0.4) is 0 Å². The molecule has 0 spiro atoms. The highest BCUT2D eigenvalue weighted by Crippen LogP contribution is 2.32. The van der Waals surface area contributed by atoms with Gasteiger partial charge >= 0.3 is 0 Å². The first-order valence-corrected chi connectivity index (χ1v) is 6.21. The number of hydrogen-bond donors (Lipinski definition) is 1. The van der Waals surface area contributed by atoms with Gasteiger partial charge in [0, 0.05) is 14.9 Å². The fraction of sp³-hybridized carbons (Fsp3) is 0.0909. The normalized spacial score (nSPS) is 12.8. The molecule has 5 heteroatoms. The quantitative estimate of drug-likeness (QED) is 0.896. The molecule has 2 aromatic rings. The Bertz CT molecular complexity index is 512. The lowest BCUT2D eigenvalue weighted by atomic mass is 10.1. The van der Waals surface area contributed by atoms with Crippen LogP contribution in [0.4, 0.5) is 8.78 Å². The van der Waals surface area contributed by atoms with Crippen LogP contribution in [0.15, 0.2) is 34.1 Å². The molecule has 1 aromatic heterocycles. The van der Waals surface area contributed by atoms with Crippen LogP contribution in [-0.2, 0) is 0 Å². The molecule has 16 heavy (non-hydrogen) atoms. The summed E-state index contributed by atoms with van der Waals surface area (Å²) in [5.74, 6) is -1.75. The topological polar surface area (TPSA) is 26.0 Å². The minimum absolute atomic E-state index is 0.170. The van der Waals surface area contributed by atoms with Crippen molar-refractivity contribution in [2.24, 2.45) is 5.73 Å². The number of nitrogens with two attached hydrogens (primary N) is 1. The summed E-state index contributed by atoms with van der Waals surface area (Å²) in [6, 6.07) is 5.21. The molecule has 2 rings (SSSR count). The van der Waals surface area contributed by atoms with Crippen molar-refractivity contribution < 1.29 is 8.78 Å². The third-order valence-electron chi connectivity index (χ3n) is 2.24. The van der Waals surface area contributed by atoms with Crippen LogP contribution >= 0.6 is 27.3 Å². The second-order valence-electron chi connectivity index (χ2n) is 3.25. The van der Waals surface area contributed by atoms with E-state index in [0.717, 1.165) is 15.4 Å². The van der Waals surface area contributed by atoms with Crippen LogP contribution in [0.5, 0.6) is 0 Å². The molecule has 0 amide bonds. The van der Waals surface area contributed by atoms with E-state index in [4.69, 9.17) is 5.73 Å². The lowest BCUT2D eigenvalue weighted by Gasteiger charge is -2.12. The van der Waals surface area contributed by atoms with E-state index in [9.17, 15) is 8.78 Å². The zero-order chi connectivity index (χ0) is 11.7. The highest BCUT2D eigenvalue weighted by atomic mass is 79.9. The molecule has 1 nitrogen and oxygen atoms in total. The van der Waals surface area contributed by atoms with Gasteiger partial charge in [-0.3, -0.25) is 0 Å². The van der Waals surface area contributed by atoms with Crippen molar-refractivity contribution in [1.29, 1.82) is 0 Å². The lowest BCUT2D eigenvalue weighted by molar-refractivity contribution is 0.495. The van der Waals surface area contributed by atoms with Gasteiger partial charge < -0.3 is 5.73 Å². The summed E-state index contributed by atoms with van der Waals surface area (Å²) >= 11 is 4.73. The van der Waals surface area contributed by atoms with Gasteiger partial charge in [-0.15, -0.1) is 11.3 Å². The number of rotatable bonds is 2. The van der Waals surface area contributed by atoms with Crippen LogP contribution in [0.2, 0.25) is 0 Å². The Hall–Kier alpha value is -0.780. The van der Waals surface area contributed by atoms with Gasteiger partial charge in [0.2, 0.25) is 0 Å². The van der Waals surface area contributed by atoms with Gasteiger partial charge in [0.25, 0.3) is 0 Å². The van der Waals surface area contributed by atoms with E-state index >= 15 is 0 Å². The SMILES string of the molecule is NC(c1cccc(F)c1F)c1sccc1Br. The van der Waals surface area contributed by atoms with Gasteiger partial charge in [-0.2, -0.15) is 0 Å². The van der Waals surface area contributed by atoms with Crippen LogP contribution in [0.1, 0.15) is 16.5 Å². The van der Waals surface area contributed by atoms with Crippen molar-refractivity contribution in [2.45, 2.75) is 6.04 Å². The Balaban J connectivity index is 2.46.